The van der Waals surface area contributed by atoms with E-state index < -0.39 is 0 Å². The average molecular weight is 401 g/mol. The summed E-state index contributed by atoms with van der Waals surface area (Å²) in [5, 5.41) is 7.58. The van der Waals surface area contributed by atoms with E-state index in [0.29, 0.717) is 46.5 Å². The first kappa shape index (κ1) is 19.8. The monoisotopic (exact) mass is 400 g/mol. The van der Waals surface area contributed by atoms with Crippen molar-refractivity contribution in [3.8, 4) is 22.8 Å². The Balaban J connectivity index is 1.69. The normalized spacial score (nSPS) is 10.6. The minimum atomic E-state index is -0.232. The molecule has 7 heteroatoms. The van der Waals surface area contributed by atoms with Gasteiger partial charge in [-0.1, -0.05) is 35.0 Å². The minimum Gasteiger partial charge on any atom is -0.493 e. The molecule has 0 aliphatic heterocycles. The number of aromatic nitrogens is 1. The van der Waals surface area contributed by atoms with Crippen LogP contribution in [0.5, 0.6) is 11.5 Å². The van der Waals surface area contributed by atoms with Crippen molar-refractivity contribution in [1.82, 2.24) is 10.5 Å². The van der Waals surface area contributed by atoms with Crippen LogP contribution in [-0.4, -0.2) is 31.8 Å². The number of nitrogens with one attached hydrogen (secondary N) is 1. The Bertz CT molecular complexity index is 967. The molecule has 0 aliphatic rings. The van der Waals surface area contributed by atoms with E-state index in [-0.39, 0.29) is 5.91 Å². The number of carbonyl (C=O) groups excluding carboxylic acids is 1. The van der Waals surface area contributed by atoms with Gasteiger partial charge in [0.1, 0.15) is 17.0 Å². The second kappa shape index (κ2) is 8.80. The highest BCUT2D eigenvalue weighted by Crippen LogP contribution is 2.28. The molecule has 1 N–H and O–H groups in total. The van der Waals surface area contributed by atoms with Crippen molar-refractivity contribution in [3.05, 3.63) is 64.4 Å². The number of hydrogen-bond acceptors (Lipinski definition) is 5. The van der Waals surface area contributed by atoms with Crippen LogP contribution in [0.1, 0.15) is 21.7 Å². The van der Waals surface area contributed by atoms with Crippen molar-refractivity contribution in [2.45, 2.75) is 13.3 Å². The maximum atomic E-state index is 12.7. The Kier molecular flexibility index (Phi) is 6.21. The molecule has 1 amide bonds. The van der Waals surface area contributed by atoms with E-state index in [1.165, 1.54) is 0 Å². The number of carbonyl (C=O) groups is 1. The summed E-state index contributed by atoms with van der Waals surface area (Å²) in [6.45, 7) is 2.18. The van der Waals surface area contributed by atoms with Crippen molar-refractivity contribution in [2.75, 3.05) is 20.8 Å². The van der Waals surface area contributed by atoms with Gasteiger partial charge in [0.25, 0.3) is 5.91 Å². The zero-order valence-corrected chi connectivity index (χ0v) is 16.7. The van der Waals surface area contributed by atoms with Crippen molar-refractivity contribution in [1.29, 1.82) is 0 Å². The van der Waals surface area contributed by atoms with Crippen LogP contribution in [0.2, 0.25) is 5.02 Å². The van der Waals surface area contributed by atoms with Crippen molar-refractivity contribution in [3.63, 3.8) is 0 Å². The molecule has 6 nitrogen and oxygen atoms in total. The second-order valence-corrected chi connectivity index (χ2v) is 6.60. The average Bonchev–Trinajstić information content (AvgIpc) is 3.09. The Morgan fingerprint density at radius 3 is 2.50 bits per heavy atom. The molecule has 0 bridgehead atoms. The second-order valence-electron chi connectivity index (χ2n) is 6.16. The lowest BCUT2D eigenvalue weighted by Gasteiger charge is -2.10. The van der Waals surface area contributed by atoms with E-state index in [1.54, 1.807) is 45.4 Å². The molecule has 1 aromatic heterocycles. The minimum absolute atomic E-state index is 0.232. The topological polar surface area (TPSA) is 73.6 Å². The molecule has 28 heavy (non-hydrogen) atoms. The van der Waals surface area contributed by atoms with Crippen LogP contribution in [0, 0.1) is 6.92 Å². The molecule has 0 unspecified atom stereocenters. The Labute approximate surface area is 168 Å². The third kappa shape index (κ3) is 4.28. The highest BCUT2D eigenvalue weighted by Gasteiger charge is 2.21. The molecule has 0 aliphatic carbocycles. The summed E-state index contributed by atoms with van der Waals surface area (Å²) in [4.78, 5) is 12.7. The lowest BCUT2D eigenvalue weighted by Crippen LogP contribution is -2.26. The molecule has 0 atom stereocenters. The number of nitrogens with zero attached hydrogens (tertiary/aromatic N) is 1. The van der Waals surface area contributed by atoms with Gasteiger partial charge in [0, 0.05) is 17.1 Å². The lowest BCUT2D eigenvalue weighted by atomic mass is 10.1. The number of amides is 1. The largest absolute Gasteiger partial charge is 0.493 e. The zero-order chi connectivity index (χ0) is 20.1. The molecular weight excluding hydrogens is 380 g/mol. The number of hydrogen-bond donors (Lipinski definition) is 1. The Hall–Kier alpha value is -2.99. The van der Waals surface area contributed by atoms with E-state index in [1.807, 2.05) is 18.2 Å². The maximum absolute atomic E-state index is 12.7. The number of rotatable bonds is 7. The van der Waals surface area contributed by atoms with Gasteiger partial charge in [-0.2, -0.15) is 0 Å². The van der Waals surface area contributed by atoms with Crippen LogP contribution in [0.3, 0.4) is 0 Å². The van der Waals surface area contributed by atoms with Gasteiger partial charge in [-0.15, -0.1) is 0 Å². The van der Waals surface area contributed by atoms with Crippen LogP contribution in [0.4, 0.5) is 0 Å². The molecule has 0 saturated carbocycles. The van der Waals surface area contributed by atoms with Crippen LogP contribution in [-0.2, 0) is 6.42 Å². The number of halogens is 1. The van der Waals surface area contributed by atoms with Gasteiger partial charge in [-0.3, -0.25) is 4.79 Å². The summed E-state index contributed by atoms with van der Waals surface area (Å²) < 4.78 is 15.8. The lowest BCUT2D eigenvalue weighted by molar-refractivity contribution is 0.0953. The van der Waals surface area contributed by atoms with Gasteiger partial charge in [0.2, 0.25) is 0 Å². The molecule has 0 fully saturated rings. The van der Waals surface area contributed by atoms with Gasteiger partial charge in [-0.05, 0) is 43.2 Å². The van der Waals surface area contributed by atoms with Crippen LogP contribution in [0.15, 0.2) is 47.0 Å². The van der Waals surface area contributed by atoms with Crippen molar-refractivity contribution < 1.29 is 18.8 Å². The summed E-state index contributed by atoms with van der Waals surface area (Å²) >= 11 is 5.93. The third-order valence-electron chi connectivity index (χ3n) is 4.35. The fourth-order valence-electron chi connectivity index (χ4n) is 2.89. The summed E-state index contributed by atoms with van der Waals surface area (Å²) in [6.07, 6.45) is 0.646. The standard InChI is InChI=1S/C21H21ClN2O4/c1-13-19(20(24-28-13)15-5-7-16(22)8-6-15)21(25)23-11-10-14-4-9-17(26-2)18(12-14)27-3/h4-9,12H,10-11H2,1-3H3,(H,23,25). The maximum Gasteiger partial charge on any atom is 0.257 e. The van der Waals surface area contributed by atoms with Gasteiger partial charge < -0.3 is 19.3 Å². The molecule has 146 valence electrons. The molecular formula is C21H21ClN2O4. The molecule has 2 aromatic carbocycles. The smallest absolute Gasteiger partial charge is 0.257 e. The molecule has 3 rings (SSSR count). The predicted molar refractivity (Wildman–Crippen MR) is 107 cm³/mol. The summed E-state index contributed by atoms with van der Waals surface area (Å²) in [5.41, 5.74) is 2.72. The van der Waals surface area contributed by atoms with Crippen LogP contribution >= 0.6 is 11.6 Å². The summed E-state index contributed by atoms with van der Waals surface area (Å²) in [5.74, 6) is 1.56. The quantitative estimate of drug-likeness (QED) is 0.640. The van der Waals surface area contributed by atoms with Gasteiger partial charge in [-0.25, -0.2) is 0 Å². The molecule has 0 saturated heterocycles. The van der Waals surface area contributed by atoms with E-state index >= 15 is 0 Å². The van der Waals surface area contributed by atoms with Gasteiger partial charge in [0.05, 0.1) is 14.2 Å². The fourth-order valence-corrected chi connectivity index (χ4v) is 3.02. The van der Waals surface area contributed by atoms with Gasteiger partial charge >= 0.3 is 0 Å². The predicted octanol–water partition coefficient (Wildman–Crippen LogP) is 4.29. The number of ether oxygens (including phenoxy) is 2. The van der Waals surface area contributed by atoms with E-state index in [2.05, 4.69) is 10.5 Å². The van der Waals surface area contributed by atoms with Crippen molar-refractivity contribution >= 4 is 17.5 Å². The van der Waals surface area contributed by atoms with E-state index in [9.17, 15) is 4.79 Å². The highest BCUT2D eigenvalue weighted by molar-refractivity contribution is 6.30. The zero-order valence-electron chi connectivity index (χ0n) is 15.9. The van der Waals surface area contributed by atoms with E-state index in [0.717, 1.165) is 11.1 Å². The van der Waals surface area contributed by atoms with Crippen LogP contribution < -0.4 is 14.8 Å². The molecule has 3 aromatic rings. The molecule has 0 radical (unpaired) electrons. The van der Waals surface area contributed by atoms with Crippen LogP contribution in [0.25, 0.3) is 11.3 Å². The third-order valence-corrected chi connectivity index (χ3v) is 4.61. The first-order valence-electron chi connectivity index (χ1n) is 8.74. The highest BCUT2D eigenvalue weighted by atomic mass is 35.5. The summed E-state index contributed by atoms with van der Waals surface area (Å²) in [6, 6.07) is 12.8. The van der Waals surface area contributed by atoms with E-state index in [4.69, 9.17) is 25.6 Å². The molecule has 1 heterocycles. The SMILES string of the molecule is COc1ccc(CCNC(=O)c2c(-c3ccc(Cl)cc3)noc2C)cc1OC. The first-order chi connectivity index (χ1) is 13.5. The van der Waals surface area contributed by atoms with Crippen molar-refractivity contribution in [2.24, 2.45) is 0 Å². The number of methoxy groups -OCH3 is 2. The number of benzene rings is 2. The number of aryl methyl sites for hydroxylation is 1. The summed E-state index contributed by atoms with van der Waals surface area (Å²) in [7, 11) is 3.19. The first-order valence-corrected chi connectivity index (χ1v) is 9.12. The Morgan fingerprint density at radius 2 is 1.82 bits per heavy atom. The van der Waals surface area contributed by atoms with Gasteiger partial charge in [0.15, 0.2) is 11.5 Å². The Morgan fingerprint density at radius 1 is 1.11 bits per heavy atom. The fraction of sp³-hybridized carbons (Fsp3) is 0.238. The molecule has 0 spiro atoms.